The Morgan fingerprint density at radius 2 is 2.36 bits per heavy atom. The number of hydrogen-bond donors (Lipinski definition) is 2. The van der Waals surface area contributed by atoms with E-state index in [9.17, 15) is 4.79 Å². The molecule has 1 fully saturated rings. The number of hydrogen-bond acceptors (Lipinski definition) is 3. The van der Waals surface area contributed by atoms with Crippen LogP contribution in [0.2, 0.25) is 0 Å². The van der Waals surface area contributed by atoms with Crippen molar-refractivity contribution in [2.75, 3.05) is 26.2 Å². The summed E-state index contributed by atoms with van der Waals surface area (Å²) in [7, 11) is 0. The molecule has 1 aliphatic rings. The minimum absolute atomic E-state index is 0.203. The maximum atomic E-state index is 10.7. The summed E-state index contributed by atoms with van der Waals surface area (Å²) in [6.07, 6.45) is 0.475. The number of carbonyl (C=O) groups excluding carboxylic acids is 1. The van der Waals surface area contributed by atoms with Crippen LogP contribution in [0.4, 0.5) is 0 Å². The zero-order chi connectivity index (χ0) is 10.6. The van der Waals surface area contributed by atoms with Crippen LogP contribution in [0.5, 0.6) is 0 Å². The molecule has 1 aliphatic heterocycles. The van der Waals surface area contributed by atoms with Crippen LogP contribution in [0.1, 0.15) is 20.3 Å². The maximum Gasteiger partial charge on any atom is 0.218 e. The highest BCUT2D eigenvalue weighted by atomic mass is 16.1. The standard InChI is InChI=1S/C10H21N3O/c1-8(2)9-7-12-4-6-13(9)5-3-10(11)14/h8-9,12H,3-7H2,1-2H3,(H2,11,14). The summed E-state index contributed by atoms with van der Waals surface area (Å²) in [5, 5.41) is 3.38. The third-order valence-corrected chi connectivity index (χ3v) is 2.81. The van der Waals surface area contributed by atoms with E-state index in [-0.39, 0.29) is 5.91 Å². The summed E-state index contributed by atoms with van der Waals surface area (Å²) in [5.74, 6) is 0.418. The van der Waals surface area contributed by atoms with Gasteiger partial charge in [-0.3, -0.25) is 9.69 Å². The molecule has 1 heterocycles. The molecule has 1 rings (SSSR count). The minimum Gasteiger partial charge on any atom is -0.370 e. The minimum atomic E-state index is -0.203. The molecule has 4 heteroatoms. The molecule has 14 heavy (non-hydrogen) atoms. The van der Waals surface area contributed by atoms with Gasteiger partial charge in [-0.25, -0.2) is 0 Å². The van der Waals surface area contributed by atoms with Gasteiger partial charge in [0, 0.05) is 38.6 Å². The van der Waals surface area contributed by atoms with Crippen LogP contribution in [0.15, 0.2) is 0 Å². The fourth-order valence-corrected chi connectivity index (χ4v) is 1.96. The van der Waals surface area contributed by atoms with Crippen molar-refractivity contribution in [1.82, 2.24) is 10.2 Å². The molecule has 0 aromatic carbocycles. The van der Waals surface area contributed by atoms with E-state index in [1.54, 1.807) is 0 Å². The number of rotatable bonds is 4. The molecule has 0 aromatic rings. The summed E-state index contributed by atoms with van der Waals surface area (Å²) in [4.78, 5) is 13.1. The maximum absolute atomic E-state index is 10.7. The normalized spacial score (nSPS) is 24.1. The smallest absolute Gasteiger partial charge is 0.218 e. The van der Waals surface area contributed by atoms with E-state index in [4.69, 9.17) is 5.73 Å². The first-order valence-corrected chi connectivity index (χ1v) is 5.34. The Hall–Kier alpha value is -0.610. The second-order valence-corrected chi connectivity index (χ2v) is 4.27. The molecular weight excluding hydrogens is 178 g/mol. The van der Waals surface area contributed by atoms with Crippen LogP contribution in [0.3, 0.4) is 0 Å². The Morgan fingerprint density at radius 1 is 1.64 bits per heavy atom. The highest BCUT2D eigenvalue weighted by molar-refractivity contribution is 5.73. The summed E-state index contributed by atoms with van der Waals surface area (Å²) >= 11 is 0. The first kappa shape index (κ1) is 11.5. The first-order chi connectivity index (χ1) is 6.61. The molecule has 1 atom stereocenters. The lowest BCUT2D eigenvalue weighted by atomic mass is 10.0. The van der Waals surface area contributed by atoms with Gasteiger partial charge in [-0.1, -0.05) is 13.8 Å². The second kappa shape index (κ2) is 5.32. The van der Waals surface area contributed by atoms with Crippen LogP contribution in [-0.4, -0.2) is 43.0 Å². The van der Waals surface area contributed by atoms with Crippen LogP contribution >= 0.6 is 0 Å². The van der Waals surface area contributed by atoms with E-state index in [1.165, 1.54) is 0 Å². The molecule has 0 aliphatic carbocycles. The summed E-state index contributed by atoms with van der Waals surface area (Å²) < 4.78 is 0. The molecule has 3 N–H and O–H groups in total. The third-order valence-electron chi connectivity index (χ3n) is 2.81. The number of nitrogens with one attached hydrogen (secondary N) is 1. The number of carbonyl (C=O) groups is 1. The van der Waals surface area contributed by atoms with Crippen molar-refractivity contribution in [3.05, 3.63) is 0 Å². The highest BCUT2D eigenvalue weighted by Crippen LogP contribution is 2.12. The lowest BCUT2D eigenvalue weighted by Gasteiger charge is -2.38. The number of nitrogens with zero attached hydrogens (tertiary/aromatic N) is 1. The van der Waals surface area contributed by atoms with Gasteiger partial charge in [0.05, 0.1) is 0 Å². The van der Waals surface area contributed by atoms with Gasteiger partial charge in [0.15, 0.2) is 0 Å². The van der Waals surface area contributed by atoms with E-state index in [0.29, 0.717) is 18.4 Å². The highest BCUT2D eigenvalue weighted by Gasteiger charge is 2.24. The fraction of sp³-hybridized carbons (Fsp3) is 0.900. The van der Waals surface area contributed by atoms with E-state index >= 15 is 0 Å². The molecule has 0 bridgehead atoms. The average Bonchev–Trinajstić information content (AvgIpc) is 2.15. The van der Waals surface area contributed by atoms with Crippen molar-refractivity contribution in [3.63, 3.8) is 0 Å². The molecule has 1 saturated heterocycles. The average molecular weight is 199 g/mol. The molecule has 0 spiro atoms. The van der Waals surface area contributed by atoms with Crippen LogP contribution in [-0.2, 0) is 4.79 Å². The Labute approximate surface area is 85.8 Å². The predicted octanol–water partition coefficient (Wildman–Crippen LogP) is -0.208. The van der Waals surface area contributed by atoms with Gasteiger partial charge in [0.2, 0.25) is 5.91 Å². The predicted molar refractivity (Wildman–Crippen MR) is 56.9 cm³/mol. The lowest BCUT2D eigenvalue weighted by Crippen LogP contribution is -2.54. The second-order valence-electron chi connectivity index (χ2n) is 4.27. The van der Waals surface area contributed by atoms with E-state index in [2.05, 4.69) is 24.1 Å². The number of piperazine rings is 1. The van der Waals surface area contributed by atoms with Gasteiger partial charge < -0.3 is 11.1 Å². The van der Waals surface area contributed by atoms with Gasteiger partial charge in [-0.15, -0.1) is 0 Å². The fourth-order valence-electron chi connectivity index (χ4n) is 1.96. The van der Waals surface area contributed by atoms with E-state index in [0.717, 1.165) is 26.2 Å². The first-order valence-electron chi connectivity index (χ1n) is 5.34. The Balaban J connectivity index is 2.41. The van der Waals surface area contributed by atoms with Crippen LogP contribution in [0, 0.1) is 5.92 Å². The zero-order valence-corrected chi connectivity index (χ0v) is 9.12. The molecule has 0 saturated carbocycles. The summed E-state index contributed by atoms with van der Waals surface area (Å²) in [6, 6.07) is 0.545. The SMILES string of the molecule is CC(C)C1CNCCN1CCC(N)=O. The lowest BCUT2D eigenvalue weighted by molar-refractivity contribution is -0.118. The third kappa shape index (κ3) is 3.27. The zero-order valence-electron chi connectivity index (χ0n) is 9.12. The van der Waals surface area contributed by atoms with E-state index in [1.807, 2.05) is 0 Å². The Morgan fingerprint density at radius 3 is 2.93 bits per heavy atom. The number of primary amides is 1. The van der Waals surface area contributed by atoms with Crippen molar-refractivity contribution in [2.45, 2.75) is 26.3 Å². The van der Waals surface area contributed by atoms with Gasteiger partial charge in [-0.05, 0) is 5.92 Å². The number of amides is 1. The Kier molecular flexibility index (Phi) is 4.35. The molecule has 0 radical (unpaired) electrons. The van der Waals surface area contributed by atoms with Crippen molar-refractivity contribution in [1.29, 1.82) is 0 Å². The van der Waals surface area contributed by atoms with Crippen molar-refractivity contribution in [3.8, 4) is 0 Å². The van der Waals surface area contributed by atoms with E-state index < -0.39 is 0 Å². The van der Waals surface area contributed by atoms with Crippen molar-refractivity contribution >= 4 is 5.91 Å². The van der Waals surface area contributed by atoms with Gasteiger partial charge >= 0.3 is 0 Å². The van der Waals surface area contributed by atoms with Gasteiger partial charge in [0.1, 0.15) is 0 Å². The summed E-state index contributed by atoms with van der Waals surface area (Å²) in [6.45, 7) is 8.30. The number of nitrogens with two attached hydrogens (primary N) is 1. The largest absolute Gasteiger partial charge is 0.370 e. The molecule has 82 valence electrons. The quantitative estimate of drug-likeness (QED) is 0.659. The molecular formula is C10H21N3O. The van der Waals surface area contributed by atoms with Crippen LogP contribution < -0.4 is 11.1 Å². The van der Waals surface area contributed by atoms with Gasteiger partial charge in [0.25, 0.3) is 0 Å². The molecule has 1 unspecified atom stereocenters. The Bertz CT molecular complexity index is 194. The summed E-state index contributed by atoms with van der Waals surface area (Å²) in [5.41, 5.74) is 5.15. The van der Waals surface area contributed by atoms with Crippen molar-refractivity contribution < 1.29 is 4.79 Å². The topological polar surface area (TPSA) is 58.4 Å². The monoisotopic (exact) mass is 199 g/mol. The molecule has 0 aromatic heterocycles. The van der Waals surface area contributed by atoms with Gasteiger partial charge in [-0.2, -0.15) is 0 Å². The molecule has 1 amide bonds. The van der Waals surface area contributed by atoms with Crippen LogP contribution in [0.25, 0.3) is 0 Å². The molecule has 4 nitrogen and oxygen atoms in total. The van der Waals surface area contributed by atoms with Crippen molar-refractivity contribution in [2.24, 2.45) is 11.7 Å².